The van der Waals surface area contributed by atoms with Gasteiger partial charge in [-0.25, -0.2) is 4.39 Å². The first kappa shape index (κ1) is 26.2. The number of nitrogens with zero attached hydrogens (tertiary/aromatic N) is 3. The molecule has 0 saturated carbocycles. The maximum atomic E-state index is 14.9. The van der Waals surface area contributed by atoms with Gasteiger partial charge in [0, 0.05) is 29.5 Å². The van der Waals surface area contributed by atoms with Gasteiger partial charge in [-0.2, -0.15) is 0 Å². The third-order valence-corrected chi connectivity index (χ3v) is 7.15. The fraction of sp³-hybridized carbons (Fsp3) is 0.0938. The Labute approximate surface area is 242 Å². The van der Waals surface area contributed by atoms with E-state index in [-0.39, 0.29) is 30.4 Å². The number of aromatic nitrogens is 2. The summed E-state index contributed by atoms with van der Waals surface area (Å²) in [7, 11) is 0. The van der Waals surface area contributed by atoms with Crippen LogP contribution in [0.4, 0.5) is 15.8 Å². The molecule has 9 heteroatoms. The number of hydrogen-bond donors (Lipinski definition) is 2. The Morgan fingerprint density at radius 3 is 2.44 bits per heavy atom. The number of pyridine rings is 1. The highest BCUT2D eigenvalue weighted by Gasteiger charge is 2.42. The van der Waals surface area contributed by atoms with Crippen molar-refractivity contribution in [1.29, 1.82) is 0 Å². The highest BCUT2D eigenvalue weighted by Crippen LogP contribution is 2.42. The molecule has 0 radical (unpaired) electrons. The van der Waals surface area contributed by atoms with Crippen LogP contribution in [0.5, 0.6) is 5.75 Å². The fourth-order valence-corrected chi connectivity index (χ4v) is 5.35. The molecule has 0 aliphatic carbocycles. The summed E-state index contributed by atoms with van der Waals surface area (Å²) < 4.78 is 22.3. The van der Waals surface area contributed by atoms with Gasteiger partial charge in [0.15, 0.2) is 11.7 Å². The van der Waals surface area contributed by atoms with E-state index in [1.807, 2.05) is 94.5 Å². The van der Waals surface area contributed by atoms with Crippen LogP contribution in [-0.2, 0) is 4.79 Å². The van der Waals surface area contributed by atoms with Crippen molar-refractivity contribution in [2.75, 3.05) is 16.8 Å². The molecule has 6 rings (SSSR count). The van der Waals surface area contributed by atoms with Crippen molar-refractivity contribution in [3.05, 3.63) is 139 Å². The molecule has 2 N–H and O–H groups in total. The molecular weight excluding hydrogens is 537 g/mol. The highest BCUT2D eigenvalue weighted by atomic mass is 32.1. The van der Waals surface area contributed by atoms with Crippen molar-refractivity contribution in [1.82, 2.24) is 14.9 Å². The molecule has 3 heterocycles. The van der Waals surface area contributed by atoms with E-state index in [0.717, 1.165) is 17.1 Å². The quantitative estimate of drug-likeness (QED) is 0.219. The molecule has 2 aromatic heterocycles. The average Bonchev–Trinajstić information content (AvgIpc) is 3.62. The second kappa shape index (κ2) is 11.6. The van der Waals surface area contributed by atoms with Crippen molar-refractivity contribution < 1.29 is 13.9 Å². The standard InChI is InChI=1S/C32H26FN5O2S/c33-25-11-4-5-13-27(25)37-20-8-14-28(37)31-30(26-12-6-7-19-34-26)36-32(41)38(31)23-17-15-22(16-18-23)35-29(39)21-40-24-9-2-1-3-10-24/h1-20,30-31H,21H2,(H,35,39)(H,36,41)/t30-,31+/m1/s1. The van der Waals surface area contributed by atoms with Gasteiger partial charge < -0.3 is 24.8 Å². The van der Waals surface area contributed by atoms with E-state index in [2.05, 4.69) is 15.6 Å². The zero-order chi connectivity index (χ0) is 28.2. The number of thiocarbonyl (C=S) groups is 1. The lowest BCUT2D eigenvalue weighted by Crippen LogP contribution is -2.30. The molecular formula is C32H26FN5O2S. The summed E-state index contributed by atoms with van der Waals surface area (Å²) in [5, 5.41) is 6.81. The third-order valence-electron chi connectivity index (χ3n) is 6.84. The van der Waals surface area contributed by atoms with Crippen molar-refractivity contribution in [3.8, 4) is 11.4 Å². The summed E-state index contributed by atoms with van der Waals surface area (Å²) >= 11 is 5.84. The minimum atomic E-state index is -0.341. The predicted molar refractivity (Wildman–Crippen MR) is 161 cm³/mol. The molecule has 0 bridgehead atoms. The van der Waals surface area contributed by atoms with Crippen molar-refractivity contribution in [2.45, 2.75) is 12.1 Å². The molecule has 5 aromatic rings. The Morgan fingerprint density at radius 2 is 1.68 bits per heavy atom. The SMILES string of the molecule is O=C(COc1ccccc1)Nc1ccc(N2C(=S)N[C@H](c3ccccn3)[C@@H]2c2cccn2-c2ccccc2F)cc1. The number of anilines is 2. The number of ether oxygens (including phenoxy) is 1. The van der Waals surface area contributed by atoms with Gasteiger partial charge in [0.2, 0.25) is 0 Å². The van der Waals surface area contributed by atoms with Crippen LogP contribution in [0.2, 0.25) is 0 Å². The van der Waals surface area contributed by atoms with Crippen LogP contribution in [0.25, 0.3) is 5.69 Å². The first-order chi connectivity index (χ1) is 20.1. The maximum absolute atomic E-state index is 14.9. The number of carbonyl (C=O) groups is 1. The van der Waals surface area contributed by atoms with Crippen molar-refractivity contribution in [2.24, 2.45) is 0 Å². The smallest absolute Gasteiger partial charge is 0.262 e. The van der Waals surface area contributed by atoms with E-state index in [1.54, 1.807) is 30.5 Å². The molecule has 3 aromatic carbocycles. The van der Waals surface area contributed by atoms with Gasteiger partial charge in [0.1, 0.15) is 17.6 Å². The van der Waals surface area contributed by atoms with Crippen LogP contribution in [0.3, 0.4) is 0 Å². The Morgan fingerprint density at radius 1 is 0.927 bits per heavy atom. The molecule has 204 valence electrons. The van der Waals surface area contributed by atoms with Crippen LogP contribution >= 0.6 is 12.2 Å². The minimum Gasteiger partial charge on any atom is -0.484 e. The Bertz CT molecular complexity index is 1660. The van der Waals surface area contributed by atoms with Crippen LogP contribution in [0.1, 0.15) is 23.5 Å². The number of rotatable bonds is 8. The topological polar surface area (TPSA) is 71.4 Å². The number of carbonyl (C=O) groups excluding carboxylic acids is 1. The lowest BCUT2D eigenvalue weighted by atomic mass is 10.0. The van der Waals surface area contributed by atoms with Crippen LogP contribution < -0.4 is 20.3 Å². The van der Waals surface area contributed by atoms with Gasteiger partial charge in [-0.15, -0.1) is 0 Å². The molecule has 1 amide bonds. The average molecular weight is 564 g/mol. The number of hydrogen-bond acceptors (Lipinski definition) is 4. The summed E-state index contributed by atoms with van der Waals surface area (Å²) in [6.07, 6.45) is 3.59. The second-order valence-electron chi connectivity index (χ2n) is 9.45. The largest absolute Gasteiger partial charge is 0.484 e. The number of benzene rings is 3. The maximum Gasteiger partial charge on any atom is 0.262 e. The van der Waals surface area contributed by atoms with Gasteiger partial charge in [-0.3, -0.25) is 9.78 Å². The Hall–Kier alpha value is -5.02. The first-order valence-corrected chi connectivity index (χ1v) is 13.5. The van der Waals surface area contributed by atoms with E-state index in [1.165, 1.54) is 6.07 Å². The van der Waals surface area contributed by atoms with Crippen molar-refractivity contribution in [3.63, 3.8) is 0 Å². The van der Waals surface area contributed by atoms with Gasteiger partial charge in [-0.1, -0.05) is 36.4 Å². The van der Waals surface area contributed by atoms with Gasteiger partial charge in [0.05, 0.1) is 17.4 Å². The molecule has 2 atom stereocenters. The minimum absolute atomic E-state index is 0.104. The predicted octanol–water partition coefficient (Wildman–Crippen LogP) is 6.21. The lowest BCUT2D eigenvalue weighted by Gasteiger charge is -2.29. The van der Waals surface area contributed by atoms with Gasteiger partial charge in [-0.05, 0) is 85.0 Å². The zero-order valence-electron chi connectivity index (χ0n) is 21.9. The second-order valence-corrected chi connectivity index (χ2v) is 9.83. The summed E-state index contributed by atoms with van der Waals surface area (Å²) in [6, 6.07) is 32.3. The monoisotopic (exact) mass is 563 g/mol. The fourth-order valence-electron chi connectivity index (χ4n) is 5.00. The number of amides is 1. The molecule has 0 spiro atoms. The van der Waals surface area contributed by atoms with Crippen LogP contribution in [0.15, 0.2) is 122 Å². The first-order valence-electron chi connectivity index (χ1n) is 13.1. The Balaban J connectivity index is 1.29. The zero-order valence-corrected chi connectivity index (χ0v) is 22.7. The molecule has 7 nitrogen and oxygen atoms in total. The molecule has 1 aliphatic heterocycles. The summed E-state index contributed by atoms with van der Waals surface area (Å²) in [6.45, 7) is -0.104. The lowest BCUT2D eigenvalue weighted by molar-refractivity contribution is -0.118. The van der Waals surface area contributed by atoms with Crippen LogP contribution in [0, 0.1) is 5.82 Å². The number of halogens is 1. The number of nitrogens with one attached hydrogen (secondary N) is 2. The highest BCUT2D eigenvalue weighted by molar-refractivity contribution is 7.80. The van der Waals surface area contributed by atoms with Gasteiger partial charge in [0.25, 0.3) is 5.91 Å². The summed E-state index contributed by atoms with van der Waals surface area (Å²) in [5.41, 5.74) is 3.53. The summed E-state index contributed by atoms with van der Waals surface area (Å²) in [4.78, 5) is 19.1. The van der Waals surface area contributed by atoms with E-state index in [9.17, 15) is 9.18 Å². The number of para-hydroxylation sites is 2. The summed E-state index contributed by atoms with van der Waals surface area (Å²) in [5.74, 6) is 0.0354. The normalized spacial score (nSPS) is 16.3. The molecule has 1 saturated heterocycles. The molecule has 1 fully saturated rings. The molecule has 0 unspecified atom stereocenters. The van der Waals surface area contributed by atoms with Gasteiger partial charge >= 0.3 is 0 Å². The Kier molecular flexibility index (Phi) is 7.42. The van der Waals surface area contributed by atoms with E-state index >= 15 is 0 Å². The third kappa shape index (κ3) is 5.53. The van der Waals surface area contributed by atoms with E-state index in [4.69, 9.17) is 17.0 Å². The van der Waals surface area contributed by atoms with Crippen LogP contribution in [-0.4, -0.2) is 27.2 Å². The van der Waals surface area contributed by atoms with E-state index in [0.29, 0.717) is 22.2 Å². The van der Waals surface area contributed by atoms with Crippen molar-refractivity contribution >= 4 is 34.6 Å². The molecule has 41 heavy (non-hydrogen) atoms. The van der Waals surface area contributed by atoms with E-state index < -0.39 is 0 Å². The molecule has 1 aliphatic rings.